The van der Waals surface area contributed by atoms with E-state index in [1.54, 1.807) is 10.9 Å². The summed E-state index contributed by atoms with van der Waals surface area (Å²) in [6.07, 6.45) is 4.23. The summed E-state index contributed by atoms with van der Waals surface area (Å²) >= 11 is 0. The number of β-amino-alcohol motifs (C(OH)–C–C–N with tert-alkyl or cyclic N) is 1. The Morgan fingerprint density at radius 2 is 1.90 bits per heavy atom. The van der Waals surface area contributed by atoms with Crippen molar-refractivity contribution in [3.63, 3.8) is 0 Å². The van der Waals surface area contributed by atoms with E-state index in [0.717, 1.165) is 49.2 Å². The topological polar surface area (TPSA) is 127 Å². The zero-order valence-electron chi connectivity index (χ0n) is 17.4. The van der Waals surface area contributed by atoms with Gasteiger partial charge in [0.15, 0.2) is 0 Å². The molecule has 2 aromatic rings. The first-order valence-corrected chi connectivity index (χ1v) is 10.6. The summed E-state index contributed by atoms with van der Waals surface area (Å²) < 4.78 is 1.75. The molecule has 2 heterocycles. The van der Waals surface area contributed by atoms with Gasteiger partial charge in [-0.05, 0) is 50.1 Å². The van der Waals surface area contributed by atoms with Crippen LogP contribution in [-0.2, 0) is 0 Å². The Hall–Kier alpha value is -2.04. The Morgan fingerprint density at radius 3 is 2.60 bits per heavy atom. The molecule has 1 fully saturated rings. The second-order valence-corrected chi connectivity index (χ2v) is 7.98. The number of unbranched alkanes of at least 4 members (excludes halogenated alkanes) is 3. The molecule has 0 unspecified atom stereocenters. The number of likely N-dealkylation sites (tertiary alicyclic amines) is 1. The smallest absolute Gasteiger partial charge is 0.109 e. The van der Waals surface area contributed by atoms with Gasteiger partial charge in [0.2, 0.25) is 0 Å². The SMILES string of the molecule is Cc1cc(NCCCCCCN2C[C@H](O)[C@@H](O)[C@H](O)[C@H]2CO)ccc1-n1ccnn1. The molecule has 0 saturated carbocycles. The lowest BCUT2D eigenvalue weighted by Gasteiger charge is -2.43. The molecule has 0 aliphatic carbocycles. The summed E-state index contributed by atoms with van der Waals surface area (Å²) in [5.74, 6) is 0. The maximum Gasteiger partial charge on any atom is 0.109 e. The summed E-state index contributed by atoms with van der Waals surface area (Å²) in [7, 11) is 0. The monoisotopic (exact) mass is 419 g/mol. The Morgan fingerprint density at radius 1 is 1.10 bits per heavy atom. The van der Waals surface area contributed by atoms with Crippen molar-refractivity contribution < 1.29 is 20.4 Å². The second-order valence-electron chi connectivity index (χ2n) is 7.98. The normalized spacial score (nSPS) is 24.8. The standard InChI is InChI=1S/C21H33N5O4/c1-15-12-16(6-7-17(15)26-11-9-23-24-26)22-8-4-2-3-5-10-25-13-19(28)21(30)20(29)18(25)14-27/h6-7,9,11-12,18-22,27-30H,2-5,8,10,13-14H2,1H3/t18-,19+,20-,21-/m1/s1. The minimum atomic E-state index is -1.20. The molecule has 30 heavy (non-hydrogen) atoms. The Balaban J connectivity index is 1.33. The molecule has 5 N–H and O–H groups in total. The van der Waals surface area contributed by atoms with E-state index in [0.29, 0.717) is 6.54 Å². The number of hydrogen-bond acceptors (Lipinski definition) is 8. The first-order valence-electron chi connectivity index (χ1n) is 10.6. The molecule has 9 nitrogen and oxygen atoms in total. The van der Waals surface area contributed by atoms with Gasteiger partial charge in [0.05, 0.1) is 36.8 Å². The fraction of sp³-hybridized carbons (Fsp3) is 0.619. The molecular weight excluding hydrogens is 386 g/mol. The first-order chi connectivity index (χ1) is 14.5. The lowest BCUT2D eigenvalue weighted by molar-refractivity contribution is -0.145. The van der Waals surface area contributed by atoms with Gasteiger partial charge in [-0.15, -0.1) is 5.10 Å². The summed E-state index contributed by atoms with van der Waals surface area (Å²) in [5, 5.41) is 50.4. The Bertz CT molecular complexity index is 773. The summed E-state index contributed by atoms with van der Waals surface area (Å²) in [6.45, 7) is 3.66. The molecule has 1 aromatic carbocycles. The van der Waals surface area contributed by atoms with Crippen LogP contribution < -0.4 is 5.32 Å². The highest BCUT2D eigenvalue weighted by atomic mass is 16.4. The quantitative estimate of drug-likeness (QED) is 0.348. The predicted octanol–water partition coefficient (Wildman–Crippen LogP) is 0.307. The number of aryl methyl sites for hydroxylation is 1. The molecule has 3 rings (SSSR count). The van der Waals surface area contributed by atoms with E-state index in [1.165, 1.54) is 0 Å². The van der Waals surface area contributed by atoms with Crippen molar-refractivity contribution in [3.8, 4) is 5.69 Å². The Kier molecular flexibility index (Phi) is 8.17. The number of benzene rings is 1. The van der Waals surface area contributed by atoms with Crippen molar-refractivity contribution in [3.05, 3.63) is 36.2 Å². The van der Waals surface area contributed by atoms with Crippen molar-refractivity contribution in [1.82, 2.24) is 19.9 Å². The fourth-order valence-corrected chi connectivity index (χ4v) is 4.02. The number of nitrogens with zero attached hydrogens (tertiary/aromatic N) is 4. The molecular formula is C21H33N5O4. The van der Waals surface area contributed by atoms with E-state index >= 15 is 0 Å². The number of aliphatic hydroxyl groups excluding tert-OH is 4. The number of rotatable bonds is 10. The van der Waals surface area contributed by atoms with Gasteiger partial charge in [0.25, 0.3) is 0 Å². The molecule has 166 valence electrons. The van der Waals surface area contributed by atoms with Gasteiger partial charge >= 0.3 is 0 Å². The van der Waals surface area contributed by atoms with E-state index in [4.69, 9.17) is 0 Å². The van der Waals surface area contributed by atoms with E-state index in [-0.39, 0.29) is 13.2 Å². The highest BCUT2D eigenvalue weighted by Crippen LogP contribution is 2.20. The van der Waals surface area contributed by atoms with Crippen LogP contribution in [0.25, 0.3) is 5.69 Å². The zero-order valence-corrected chi connectivity index (χ0v) is 17.4. The van der Waals surface area contributed by atoms with Crippen molar-refractivity contribution in [2.75, 3.05) is 31.6 Å². The molecule has 9 heteroatoms. The van der Waals surface area contributed by atoms with Gasteiger partial charge in [-0.1, -0.05) is 18.1 Å². The molecule has 1 aliphatic heterocycles. The van der Waals surface area contributed by atoms with Crippen LogP contribution in [0, 0.1) is 6.92 Å². The van der Waals surface area contributed by atoms with Gasteiger partial charge in [0.1, 0.15) is 12.2 Å². The van der Waals surface area contributed by atoms with Crippen molar-refractivity contribution in [1.29, 1.82) is 0 Å². The third-order valence-corrected chi connectivity index (χ3v) is 5.78. The van der Waals surface area contributed by atoms with Gasteiger partial charge in [-0.3, -0.25) is 4.90 Å². The largest absolute Gasteiger partial charge is 0.395 e. The molecule has 0 amide bonds. The van der Waals surface area contributed by atoms with Gasteiger partial charge in [0, 0.05) is 18.8 Å². The van der Waals surface area contributed by atoms with E-state index in [1.807, 2.05) is 23.2 Å². The number of aliphatic hydroxyl groups is 4. The summed E-state index contributed by atoms with van der Waals surface area (Å²) in [6, 6.07) is 5.66. The third-order valence-electron chi connectivity index (χ3n) is 5.78. The van der Waals surface area contributed by atoms with Crippen molar-refractivity contribution >= 4 is 5.69 Å². The summed E-state index contributed by atoms with van der Waals surface area (Å²) in [4.78, 5) is 1.87. The second kappa shape index (κ2) is 10.8. The highest BCUT2D eigenvalue weighted by Gasteiger charge is 2.40. The average Bonchev–Trinajstić information content (AvgIpc) is 3.26. The molecule has 0 radical (unpaired) electrons. The lowest BCUT2D eigenvalue weighted by atomic mass is 9.94. The van der Waals surface area contributed by atoms with Crippen LogP contribution in [0.3, 0.4) is 0 Å². The van der Waals surface area contributed by atoms with Crippen LogP contribution in [-0.4, -0.2) is 90.9 Å². The number of anilines is 1. The zero-order chi connectivity index (χ0) is 21.5. The van der Waals surface area contributed by atoms with Crippen LogP contribution in [0.15, 0.2) is 30.6 Å². The molecule has 4 atom stereocenters. The molecule has 0 bridgehead atoms. The molecule has 1 aliphatic rings. The average molecular weight is 420 g/mol. The van der Waals surface area contributed by atoms with Crippen LogP contribution in [0.5, 0.6) is 0 Å². The van der Waals surface area contributed by atoms with Crippen LogP contribution in [0.4, 0.5) is 5.69 Å². The number of nitrogens with one attached hydrogen (secondary N) is 1. The van der Waals surface area contributed by atoms with Crippen molar-refractivity contribution in [2.24, 2.45) is 0 Å². The van der Waals surface area contributed by atoms with E-state index < -0.39 is 24.4 Å². The van der Waals surface area contributed by atoms with Crippen molar-refractivity contribution in [2.45, 2.75) is 57.0 Å². The minimum Gasteiger partial charge on any atom is -0.395 e. The Labute approximate surface area is 177 Å². The van der Waals surface area contributed by atoms with Gasteiger partial charge < -0.3 is 25.7 Å². The predicted molar refractivity (Wildman–Crippen MR) is 114 cm³/mol. The third kappa shape index (κ3) is 5.55. The minimum absolute atomic E-state index is 0.232. The maximum absolute atomic E-state index is 10.0. The molecule has 1 saturated heterocycles. The number of aromatic nitrogens is 3. The van der Waals surface area contributed by atoms with Gasteiger partial charge in [-0.2, -0.15) is 0 Å². The summed E-state index contributed by atoms with van der Waals surface area (Å²) in [5.41, 5.74) is 3.22. The maximum atomic E-state index is 10.0. The van der Waals surface area contributed by atoms with Crippen LogP contribution >= 0.6 is 0 Å². The lowest BCUT2D eigenvalue weighted by Crippen LogP contribution is -2.62. The fourth-order valence-electron chi connectivity index (χ4n) is 4.02. The molecule has 0 spiro atoms. The molecule has 1 aromatic heterocycles. The van der Waals surface area contributed by atoms with Crippen LogP contribution in [0.1, 0.15) is 31.2 Å². The van der Waals surface area contributed by atoms with Gasteiger partial charge in [-0.25, -0.2) is 4.68 Å². The van der Waals surface area contributed by atoms with E-state index in [2.05, 4.69) is 28.6 Å². The van der Waals surface area contributed by atoms with Crippen LogP contribution in [0.2, 0.25) is 0 Å². The van der Waals surface area contributed by atoms with E-state index in [9.17, 15) is 20.4 Å². The number of piperidine rings is 1. The highest BCUT2D eigenvalue weighted by molar-refractivity contribution is 5.53. The first kappa shape index (κ1) is 22.6. The number of hydrogen-bond donors (Lipinski definition) is 5.